The molecule has 0 N–H and O–H groups in total. The molecule has 1 saturated heterocycles. The Balaban J connectivity index is 1.59. The molecule has 178 valence electrons. The van der Waals surface area contributed by atoms with Gasteiger partial charge in [0.1, 0.15) is 5.75 Å². The van der Waals surface area contributed by atoms with Crippen LogP contribution in [0.3, 0.4) is 0 Å². The van der Waals surface area contributed by atoms with E-state index in [2.05, 4.69) is 30.4 Å². The van der Waals surface area contributed by atoms with E-state index in [9.17, 15) is 18.4 Å². The number of benzene rings is 2. The number of piperazine rings is 1. The standard InChI is InChI=1S/C25H31F2N3O3/c1-4-28(18(2)3)17-19-9-11-20(12-10-19)23(31)29-13-15-30(16-14-29)24(32)21-7-5-6-8-22(21)33-25(26)27/h5-12,18,25H,4,13-17H2,1-3H3. The molecule has 33 heavy (non-hydrogen) atoms. The van der Waals surface area contributed by atoms with Gasteiger partial charge in [0.05, 0.1) is 5.56 Å². The van der Waals surface area contributed by atoms with Crippen molar-refractivity contribution < 1.29 is 23.1 Å². The molecule has 2 aromatic rings. The summed E-state index contributed by atoms with van der Waals surface area (Å²) in [5.74, 6) is -0.602. The maximum Gasteiger partial charge on any atom is 0.387 e. The molecule has 0 unspecified atom stereocenters. The normalized spacial score (nSPS) is 14.3. The summed E-state index contributed by atoms with van der Waals surface area (Å²) in [4.78, 5) is 31.4. The quantitative estimate of drug-likeness (QED) is 0.596. The summed E-state index contributed by atoms with van der Waals surface area (Å²) < 4.78 is 29.8. The fourth-order valence-corrected chi connectivity index (χ4v) is 3.95. The molecule has 6 nitrogen and oxygen atoms in total. The Bertz CT molecular complexity index is 942. The second-order valence-electron chi connectivity index (χ2n) is 8.31. The van der Waals surface area contributed by atoms with Crippen LogP contribution in [0.5, 0.6) is 5.75 Å². The lowest BCUT2D eigenvalue weighted by atomic mass is 10.1. The molecule has 0 aliphatic carbocycles. The lowest BCUT2D eigenvalue weighted by Gasteiger charge is -2.35. The van der Waals surface area contributed by atoms with Crippen molar-refractivity contribution in [3.05, 3.63) is 65.2 Å². The Labute approximate surface area is 193 Å². The first-order valence-corrected chi connectivity index (χ1v) is 11.3. The molecule has 1 aliphatic heterocycles. The van der Waals surface area contributed by atoms with E-state index in [-0.39, 0.29) is 23.1 Å². The summed E-state index contributed by atoms with van der Waals surface area (Å²) in [6.45, 7) is 6.65. The van der Waals surface area contributed by atoms with Gasteiger partial charge >= 0.3 is 6.61 Å². The molecule has 0 bridgehead atoms. The molecule has 0 atom stereocenters. The first-order valence-electron chi connectivity index (χ1n) is 11.3. The van der Waals surface area contributed by atoms with Crippen molar-refractivity contribution in [1.29, 1.82) is 0 Å². The van der Waals surface area contributed by atoms with Crippen molar-refractivity contribution >= 4 is 11.8 Å². The number of carbonyl (C=O) groups excluding carboxylic acids is 2. The van der Waals surface area contributed by atoms with Crippen LogP contribution >= 0.6 is 0 Å². The highest BCUT2D eigenvalue weighted by Crippen LogP contribution is 2.23. The zero-order valence-electron chi connectivity index (χ0n) is 19.3. The highest BCUT2D eigenvalue weighted by molar-refractivity contribution is 5.97. The van der Waals surface area contributed by atoms with Gasteiger partial charge in [-0.15, -0.1) is 0 Å². The zero-order chi connectivity index (χ0) is 24.0. The number of rotatable bonds is 8. The van der Waals surface area contributed by atoms with E-state index in [0.717, 1.165) is 18.7 Å². The summed E-state index contributed by atoms with van der Waals surface area (Å²) in [6.07, 6.45) is 0. The first kappa shape index (κ1) is 24.6. The number of nitrogens with zero attached hydrogens (tertiary/aromatic N) is 3. The molecule has 8 heteroatoms. The highest BCUT2D eigenvalue weighted by atomic mass is 19.3. The number of alkyl halides is 2. The zero-order valence-corrected chi connectivity index (χ0v) is 19.3. The number of hydrogen-bond donors (Lipinski definition) is 0. The fraction of sp³-hybridized carbons (Fsp3) is 0.440. The van der Waals surface area contributed by atoms with E-state index in [1.807, 2.05) is 24.3 Å². The SMILES string of the molecule is CCN(Cc1ccc(C(=O)N2CCN(C(=O)c3ccccc3OC(F)F)CC2)cc1)C(C)C. The minimum Gasteiger partial charge on any atom is -0.434 e. The van der Waals surface area contributed by atoms with E-state index >= 15 is 0 Å². The van der Waals surface area contributed by atoms with Crippen LogP contribution in [0.4, 0.5) is 8.78 Å². The minimum atomic E-state index is -3.00. The van der Waals surface area contributed by atoms with Gasteiger partial charge in [-0.3, -0.25) is 14.5 Å². The van der Waals surface area contributed by atoms with Gasteiger partial charge in [0, 0.05) is 44.3 Å². The van der Waals surface area contributed by atoms with Crippen LogP contribution in [0.15, 0.2) is 48.5 Å². The molecular formula is C25H31F2N3O3. The van der Waals surface area contributed by atoms with Gasteiger partial charge in [0.25, 0.3) is 11.8 Å². The van der Waals surface area contributed by atoms with Crippen molar-refractivity contribution in [3.63, 3.8) is 0 Å². The van der Waals surface area contributed by atoms with Gasteiger partial charge in [-0.25, -0.2) is 0 Å². The maximum absolute atomic E-state index is 12.9. The molecule has 1 aliphatic rings. The van der Waals surface area contributed by atoms with E-state index in [1.54, 1.807) is 21.9 Å². The maximum atomic E-state index is 12.9. The summed E-state index contributed by atoms with van der Waals surface area (Å²) >= 11 is 0. The molecular weight excluding hydrogens is 428 g/mol. The van der Waals surface area contributed by atoms with E-state index < -0.39 is 6.61 Å². The predicted molar refractivity (Wildman–Crippen MR) is 123 cm³/mol. The Morgan fingerprint density at radius 1 is 0.939 bits per heavy atom. The van der Waals surface area contributed by atoms with Gasteiger partial charge in [0.2, 0.25) is 0 Å². The minimum absolute atomic E-state index is 0.0775. The molecule has 0 aromatic heterocycles. The van der Waals surface area contributed by atoms with Gasteiger partial charge in [-0.05, 0) is 50.2 Å². The largest absolute Gasteiger partial charge is 0.434 e. The molecule has 0 spiro atoms. The van der Waals surface area contributed by atoms with Crippen molar-refractivity contribution in [1.82, 2.24) is 14.7 Å². The van der Waals surface area contributed by atoms with Crippen molar-refractivity contribution in [2.24, 2.45) is 0 Å². The lowest BCUT2D eigenvalue weighted by molar-refractivity contribution is -0.0503. The number of carbonyl (C=O) groups is 2. The summed E-state index contributed by atoms with van der Waals surface area (Å²) in [7, 11) is 0. The number of ether oxygens (including phenoxy) is 1. The van der Waals surface area contributed by atoms with E-state index in [4.69, 9.17) is 0 Å². The third kappa shape index (κ3) is 6.28. The van der Waals surface area contributed by atoms with Crippen LogP contribution in [0, 0.1) is 0 Å². The van der Waals surface area contributed by atoms with Gasteiger partial charge in [-0.1, -0.05) is 31.2 Å². The third-order valence-electron chi connectivity index (χ3n) is 5.91. The third-order valence-corrected chi connectivity index (χ3v) is 5.91. The molecule has 0 saturated carbocycles. The second kappa shape index (κ2) is 11.2. The summed E-state index contributed by atoms with van der Waals surface area (Å²) in [5, 5.41) is 0. The van der Waals surface area contributed by atoms with Gasteiger partial charge < -0.3 is 14.5 Å². The van der Waals surface area contributed by atoms with E-state index in [1.165, 1.54) is 12.1 Å². The molecule has 3 rings (SSSR count). The highest BCUT2D eigenvalue weighted by Gasteiger charge is 2.27. The average Bonchev–Trinajstić information content (AvgIpc) is 2.82. The Hall–Kier alpha value is -3.00. The lowest BCUT2D eigenvalue weighted by Crippen LogP contribution is -2.50. The van der Waals surface area contributed by atoms with Crippen molar-refractivity contribution in [2.45, 2.75) is 40.0 Å². The van der Waals surface area contributed by atoms with Crippen LogP contribution in [0.2, 0.25) is 0 Å². The Morgan fingerprint density at radius 3 is 2.06 bits per heavy atom. The number of amides is 2. The van der Waals surface area contributed by atoms with Crippen molar-refractivity contribution in [2.75, 3.05) is 32.7 Å². The van der Waals surface area contributed by atoms with Crippen LogP contribution in [0.25, 0.3) is 0 Å². The van der Waals surface area contributed by atoms with Crippen LogP contribution in [-0.2, 0) is 6.54 Å². The van der Waals surface area contributed by atoms with Gasteiger partial charge in [0.15, 0.2) is 0 Å². The number of hydrogen-bond acceptors (Lipinski definition) is 4. The first-order chi connectivity index (χ1) is 15.8. The molecule has 2 amide bonds. The van der Waals surface area contributed by atoms with Crippen LogP contribution in [0.1, 0.15) is 47.1 Å². The van der Waals surface area contributed by atoms with Crippen molar-refractivity contribution in [3.8, 4) is 5.75 Å². The fourth-order valence-electron chi connectivity index (χ4n) is 3.95. The summed E-state index contributed by atoms with van der Waals surface area (Å²) in [6, 6.07) is 14.1. The second-order valence-corrected chi connectivity index (χ2v) is 8.31. The predicted octanol–water partition coefficient (Wildman–Crippen LogP) is 4.12. The monoisotopic (exact) mass is 459 g/mol. The molecule has 0 radical (unpaired) electrons. The Morgan fingerprint density at radius 2 is 1.52 bits per heavy atom. The molecule has 1 heterocycles. The average molecular weight is 460 g/mol. The number of para-hydroxylation sites is 1. The Kier molecular flexibility index (Phi) is 8.38. The smallest absolute Gasteiger partial charge is 0.387 e. The number of halogens is 2. The molecule has 1 fully saturated rings. The van der Waals surface area contributed by atoms with Gasteiger partial charge in [-0.2, -0.15) is 8.78 Å². The van der Waals surface area contributed by atoms with E-state index in [0.29, 0.717) is 37.8 Å². The summed E-state index contributed by atoms with van der Waals surface area (Å²) in [5.41, 5.74) is 1.86. The molecule has 2 aromatic carbocycles. The topological polar surface area (TPSA) is 53.1 Å². The van der Waals surface area contributed by atoms with Crippen LogP contribution < -0.4 is 4.74 Å². The van der Waals surface area contributed by atoms with Crippen LogP contribution in [-0.4, -0.2) is 71.9 Å².